The fourth-order valence-corrected chi connectivity index (χ4v) is 3.41. The number of carbonyl (C=O) groups is 1. The molecule has 0 aliphatic rings. The quantitative estimate of drug-likeness (QED) is 0.413. The van der Waals surface area contributed by atoms with E-state index in [-0.39, 0.29) is 12.1 Å². The Morgan fingerprint density at radius 3 is 2.74 bits per heavy atom. The smallest absolute Gasteiger partial charge is 0.251 e. The molecule has 1 aromatic heterocycles. The number of ether oxygens (including phenoxy) is 1. The number of nitrogens with one attached hydrogen (secondary N) is 2. The molecule has 0 saturated heterocycles. The first kappa shape index (κ1) is 20.8. The first-order chi connectivity index (χ1) is 14.9. The van der Waals surface area contributed by atoms with Crippen LogP contribution in [0, 0.1) is 5.82 Å². The van der Waals surface area contributed by atoms with Crippen molar-refractivity contribution >= 4 is 28.4 Å². The number of aliphatic hydroxyl groups excluding tert-OH is 1. The molecule has 0 radical (unpaired) electrons. The number of aliphatic hydroxyl groups is 1. The molecule has 1 unspecified atom stereocenters. The standard InChI is InChI=1S/C23H19ClFN3O3/c1-31-18-7-14(19-9-16-11-27-28-21(16)10-20(19)25)6-15(8-18)23(30)26-12-22(29)13-2-4-17(24)5-3-13/h2-11,22,29H,12H2,1H3,(H,26,30)(H,27,28). The summed E-state index contributed by atoms with van der Waals surface area (Å²) >= 11 is 5.86. The topological polar surface area (TPSA) is 87.2 Å². The summed E-state index contributed by atoms with van der Waals surface area (Å²) < 4.78 is 20.0. The van der Waals surface area contributed by atoms with Crippen LogP contribution in [-0.2, 0) is 0 Å². The minimum Gasteiger partial charge on any atom is -0.497 e. The Kier molecular flexibility index (Phi) is 5.88. The molecule has 0 spiro atoms. The molecule has 1 amide bonds. The lowest BCUT2D eigenvalue weighted by Gasteiger charge is -2.14. The fourth-order valence-electron chi connectivity index (χ4n) is 3.28. The molecule has 0 aliphatic heterocycles. The van der Waals surface area contributed by atoms with Crippen LogP contribution in [0.3, 0.4) is 0 Å². The lowest BCUT2D eigenvalue weighted by molar-refractivity contribution is 0.0916. The van der Waals surface area contributed by atoms with E-state index in [1.54, 1.807) is 54.7 Å². The van der Waals surface area contributed by atoms with E-state index >= 15 is 0 Å². The second-order valence-corrected chi connectivity index (χ2v) is 7.45. The molecule has 6 nitrogen and oxygen atoms in total. The predicted molar refractivity (Wildman–Crippen MR) is 117 cm³/mol. The van der Waals surface area contributed by atoms with Crippen molar-refractivity contribution in [3.05, 3.63) is 82.8 Å². The van der Waals surface area contributed by atoms with Gasteiger partial charge in [-0.3, -0.25) is 9.89 Å². The first-order valence-electron chi connectivity index (χ1n) is 9.48. The van der Waals surface area contributed by atoms with E-state index in [0.29, 0.717) is 33.0 Å². The Morgan fingerprint density at radius 2 is 2.00 bits per heavy atom. The van der Waals surface area contributed by atoms with E-state index in [1.807, 2.05) is 0 Å². The zero-order chi connectivity index (χ0) is 22.0. The van der Waals surface area contributed by atoms with Gasteiger partial charge in [-0.05, 0) is 47.5 Å². The van der Waals surface area contributed by atoms with Crippen molar-refractivity contribution in [2.75, 3.05) is 13.7 Å². The molecule has 158 valence electrons. The van der Waals surface area contributed by atoms with Gasteiger partial charge in [0.15, 0.2) is 0 Å². The lowest BCUT2D eigenvalue weighted by Crippen LogP contribution is -2.28. The normalized spacial score (nSPS) is 12.0. The number of hydrogen-bond donors (Lipinski definition) is 3. The number of hydrogen-bond acceptors (Lipinski definition) is 4. The second-order valence-electron chi connectivity index (χ2n) is 7.02. The molecule has 4 rings (SSSR count). The highest BCUT2D eigenvalue weighted by Gasteiger charge is 2.16. The van der Waals surface area contributed by atoms with Gasteiger partial charge < -0.3 is 15.2 Å². The third-order valence-electron chi connectivity index (χ3n) is 4.95. The number of nitrogens with zero attached hydrogens (tertiary/aromatic N) is 1. The van der Waals surface area contributed by atoms with Gasteiger partial charge in [0, 0.05) is 34.1 Å². The van der Waals surface area contributed by atoms with E-state index in [1.165, 1.54) is 13.2 Å². The third kappa shape index (κ3) is 4.52. The predicted octanol–water partition coefficient (Wildman–Crippen LogP) is 4.49. The van der Waals surface area contributed by atoms with E-state index < -0.39 is 17.8 Å². The summed E-state index contributed by atoms with van der Waals surface area (Å²) in [6.45, 7) is 0.00233. The number of aromatic nitrogens is 2. The first-order valence-corrected chi connectivity index (χ1v) is 9.86. The molecular formula is C23H19ClFN3O3. The summed E-state index contributed by atoms with van der Waals surface area (Å²) in [6.07, 6.45) is 0.705. The number of H-pyrrole nitrogens is 1. The van der Waals surface area contributed by atoms with Gasteiger partial charge in [0.1, 0.15) is 11.6 Å². The lowest BCUT2D eigenvalue weighted by atomic mass is 10.00. The Hall–Kier alpha value is -3.42. The Morgan fingerprint density at radius 1 is 1.23 bits per heavy atom. The van der Waals surface area contributed by atoms with Gasteiger partial charge in [-0.15, -0.1) is 0 Å². The highest BCUT2D eigenvalue weighted by Crippen LogP contribution is 2.31. The van der Waals surface area contributed by atoms with Gasteiger partial charge in [-0.25, -0.2) is 4.39 Å². The number of rotatable bonds is 6. The molecule has 8 heteroatoms. The van der Waals surface area contributed by atoms with E-state index in [2.05, 4.69) is 15.5 Å². The van der Waals surface area contributed by atoms with Crippen LogP contribution in [-0.4, -0.2) is 34.9 Å². The van der Waals surface area contributed by atoms with Crippen LogP contribution in [0.25, 0.3) is 22.0 Å². The van der Waals surface area contributed by atoms with Gasteiger partial charge in [0.05, 0.1) is 24.9 Å². The molecule has 0 fully saturated rings. The molecular weight excluding hydrogens is 421 g/mol. The number of carbonyl (C=O) groups excluding carboxylic acids is 1. The van der Waals surface area contributed by atoms with Gasteiger partial charge in [-0.2, -0.15) is 5.10 Å². The Bertz CT molecular complexity index is 1240. The van der Waals surface area contributed by atoms with E-state index in [0.717, 1.165) is 5.39 Å². The van der Waals surface area contributed by atoms with Crippen LogP contribution >= 0.6 is 11.6 Å². The molecule has 31 heavy (non-hydrogen) atoms. The van der Waals surface area contributed by atoms with Crippen molar-refractivity contribution in [2.45, 2.75) is 6.10 Å². The average Bonchev–Trinajstić information content (AvgIpc) is 3.24. The van der Waals surface area contributed by atoms with E-state index in [9.17, 15) is 14.3 Å². The number of amides is 1. The third-order valence-corrected chi connectivity index (χ3v) is 5.21. The number of benzene rings is 3. The van der Waals surface area contributed by atoms with Crippen molar-refractivity contribution in [3.63, 3.8) is 0 Å². The van der Waals surface area contributed by atoms with Crippen molar-refractivity contribution < 1.29 is 19.0 Å². The summed E-state index contributed by atoms with van der Waals surface area (Å²) in [5.74, 6) is -0.458. The minimum absolute atomic E-state index is 0.00233. The second kappa shape index (κ2) is 8.75. The SMILES string of the molecule is COc1cc(C(=O)NCC(O)c2ccc(Cl)cc2)cc(-c2cc3cn[nH]c3cc2F)c1. The zero-order valence-corrected chi connectivity index (χ0v) is 17.3. The van der Waals surface area contributed by atoms with Crippen molar-refractivity contribution in [2.24, 2.45) is 0 Å². The zero-order valence-electron chi connectivity index (χ0n) is 16.5. The molecule has 1 heterocycles. The van der Waals surface area contributed by atoms with Crippen molar-refractivity contribution in [3.8, 4) is 16.9 Å². The van der Waals surface area contributed by atoms with Crippen molar-refractivity contribution in [1.29, 1.82) is 0 Å². The van der Waals surface area contributed by atoms with E-state index in [4.69, 9.17) is 16.3 Å². The minimum atomic E-state index is -0.896. The summed E-state index contributed by atoms with van der Waals surface area (Å²) in [5.41, 5.74) is 2.31. The monoisotopic (exact) mass is 439 g/mol. The molecule has 0 bridgehead atoms. The van der Waals surface area contributed by atoms with Crippen molar-refractivity contribution in [1.82, 2.24) is 15.5 Å². The summed E-state index contributed by atoms with van der Waals surface area (Å²) in [4.78, 5) is 12.7. The van der Waals surface area contributed by atoms with Crippen LogP contribution < -0.4 is 10.1 Å². The molecule has 0 saturated carbocycles. The molecule has 3 aromatic carbocycles. The molecule has 0 aliphatic carbocycles. The van der Waals surface area contributed by atoms with Crippen LogP contribution in [0.4, 0.5) is 4.39 Å². The van der Waals surface area contributed by atoms with Crippen LogP contribution in [0.1, 0.15) is 22.0 Å². The Balaban J connectivity index is 1.58. The Labute approximate surface area is 182 Å². The summed E-state index contributed by atoms with van der Waals surface area (Å²) in [6, 6.07) is 14.5. The molecule has 4 aromatic rings. The highest BCUT2D eigenvalue weighted by atomic mass is 35.5. The maximum atomic E-state index is 14.7. The van der Waals surface area contributed by atoms with Crippen LogP contribution in [0.5, 0.6) is 5.75 Å². The summed E-state index contributed by atoms with van der Waals surface area (Å²) in [7, 11) is 1.47. The number of halogens is 2. The van der Waals surface area contributed by atoms with Gasteiger partial charge >= 0.3 is 0 Å². The number of fused-ring (bicyclic) bond motifs is 1. The molecule has 1 atom stereocenters. The van der Waals surface area contributed by atoms with Gasteiger partial charge in [-0.1, -0.05) is 23.7 Å². The fraction of sp³-hybridized carbons (Fsp3) is 0.130. The van der Waals surface area contributed by atoms with Gasteiger partial charge in [0.2, 0.25) is 0 Å². The maximum absolute atomic E-state index is 14.7. The summed E-state index contributed by atoms with van der Waals surface area (Å²) in [5, 5.41) is 21.0. The molecule has 3 N–H and O–H groups in total. The number of methoxy groups -OCH3 is 1. The highest BCUT2D eigenvalue weighted by molar-refractivity contribution is 6.30. The maximum Gasteiger partial charge on any atom is 0.251 e. The van der Waals surface area contributed by atoms with Gasteiger partial charge in [0.25, 0.3) is 5.91 Å². The van der Waals surface area contributed by atoms with Crippen LogP contribution in [0.15, 0.2) is 60.8 Å². The number of aromatic amines is 1. The largest absolute Gasteiger partial charge is 0.497 e. The average molecular weight is 440 g/mol. The van der Waals surface area contributed by atoms with Crippen LogP contribution in [0.2, 0.25) is 5.02 Å².